The smallest absolute Gasteiger partial charge is 0.221 e. The third-order valence-electron chi connectivity index (χ3n) is 2.24. The van der Waals surface area contributed by atoms with Gasteiger partial charge in [-0.25, -0.2) is 9.97 Å². The molecule has 6 nitrogen and oxygen atoms in total. The van der Waals surface area contributed by atoms with E-state index < -0.39 is 0 Å². The Kier molecular flexibility index (Phi) is 3.54. The second kappa shape index (κ2) is 5.29. The van der Waals surface area contributed by atoms with Gasteiger partial charge in [0.25, 0.3) is 0 Å². The number of nitrogens with one attached hydrogen (secondary N) is 1. The van der Waals surface area contributed by atoms with Gasteiger partial charge in [-0.2, -0.15) is 0 Å². The zero-order valence-electron chi connectivity index (χ0n) is 9.80. The lowest BCUT2D eigenvalue weighted by Crippen LogP contribution is -2.05. The summed E-state index contributed by atoms with van der Waals surface area (Å²) in [6.45, 7) is 4.94. The van der Waals surface area contributed by atoms with Crippen LogP contribution in [0.1, 0.15) is 18.2 Å². The molecule has 0 aliphatic rings. The van der Waals surface area contributed by atoms with Crippen LogP contribution in [0.5, 0.6) is 5.88 Å². The summed E-state index contributed by atoms with van der Waals surface area (Å²) in [5, 5.41) is 6.78. The molecule has 17 heavy (non-hydrogen) atoms. The maximum atomic E-state index is 5.39. The summed E-state index contributed by atoms with van der Waals surface area (Å²) >= 11 is 0. The van der Waals surface area contributed by atoms with Crippen molar-refractivity contribution in [1.82, 2.24) is 15.1 Å². The molecule has 0 bridgehead atoms. The van der Waals surface area contributed by atoms with Crippen LogP contribution in [0.4, 0.5) is 5.82 Å². The largest absolute Gasteiger partial charge is 0.478 e. The standard InChI is InChI=1S/C11H14N4O2/c1-3-16-11-8(2)10(13-7-14-11)12-6-9-4-5-15-17-9/h4-5,7H,3,6H2,1-2H3,(H,12,13,14). The predicted molar refractivity (Wildman–Crippen MR) is 61.8 cm³/mol. The fourth-order valence-corrected chi connectivity index (χ4v) is 1.40. The van der Waals surface area contributed by atoms with E-state index in [4.69, 9.17) is 9.26 Å². The van der Waals surface area contributed by atoms with Crippen LogP contribution in [0.2, 0.25) is 0 Å². The molecule has 0 saturated heterocycles. The third-order valence-corrected chi connectivity index (χ3v) is 2.24. The Balaban J connectivity index is 2.07. The molecular formula is C11H14N4O2. The van der Waals surface area contributed by atoms with Crippen molar-refractivity contribution in [3.05, 3.63) is 29.9 Å². The first-order chi connectivity index (χ1) is 8.31. The van der Waals surface area contributed by atoms with Crippen molar-refractivity contribution >= 4 is 5.82 Å². The summed E-state index contributed by atoms with van der Waals surface area (Å²) in [7, 11) is 0. The van der Waals surface area contributed by atoms with Crippen LogP contribution in [-0.2, 0) is 6.54 Å². The molecule has 2 aromatic rings. The van der Waals surface area contributed by atoms with Gasteiger partial charge in [-0.15, -0.1) is 0 Å². The molecule has 0 aliphatic carbocycles. The van der Waals surface area contributed by atoms with Crippen molar-refractivity contribution < 1.29 is 9.26 Å². The molecule has 0 aliphatic heterocycles. The second-order valence-corrected chi connectivity index (χ2v) is 3.42. The van der Waals surface area contributed by atoms with Crippen molar-refractivity contribution in [3.8, 4) is 5.88 Å². The van der Waals surface area contributed by atoms with Gasteiger partial charge in [0.1, 0.15) is 12.1 Å². The number of ether oxygens (including phenoxy) is 1. The minimum atomic E-state index is 0.531. The van der Waals surface area contributed by atoms with E-state index in [9.17, 15) is 0 Å². The highest BCUT2D eigenvalue weighted by Gasteiger charge is 2.07. The highest BCUT2D eigenvalue weighted by molar-refractivity contribution is 5.47. The van der Waals surface area contributed by atoms with Crippen molar-refractivity contribution in [2.75, 3.05) is 11.9 Å². The lowest BCUT2D eigenvalue weighted by atomic mass is 10.3. The number of aromatic nitrogens is 3. The molecular weight excluding hydrogens is 220 g/mol. The zero-order valence-corrected chi connectivity index (χ0v) is 9.80. The first kappa shape index (κ1) is 11.4. The van der Waals surface area contributed by atoms with Crippen molar-refractivity contribution in [2.45, 2.75) is 20.4 Å². The van der Waals surface area contributed by atoms with E-state index in [1.54, 1.807) is 12.3 Å². The van der Waals surface area contributed by atoms with Gasteiger partial charge in [0.2, 0.25) is 5.88 Å². The fourth-order valence-electron chi connectivity index (χ4n) is 1.40. The SMILES string of the molecule is CCOc1ncnc(NCc2ccno2)c1C. The van der Waals surface area contributed by atoms with Gasteiger partial charge >= 0.3 is 0 Å². The average molecular weight is 234 g/mol. The number of nitrogens with zero attached hydrogens (tertiary/aromatic N) is 3. The van der Waals surface area contributed by atoms with Gasteiger partial charge < -0.3 is 14.6 Å². The van der Waals surface area contributed by atoms with E-state index >= 15 is 0 Å². The van der Waals surface area contributed by atoms with Crippen LogP contribution in [0.25, 0.3) is 0 Å². The van der Waals surface area contributed by atoms with Gasteiger partial charge in [0.15, 0.2) is 5.76 Å². The summed E-state index contributed by atoms with van der Waals surface area (Å²) in [6.07, 6.45) is 3.08. The predicted octanol–water partition coefficient (Wildman–Crippen LogP) is 1.78. The Morgan fingerprint density at radius 3 is 3.00 bits per heavy atom. The Morgan fingerprint density at radius 1 is 1.41 bits per heavy atom. The first-order valence-corrected chi connectivity index (χ1v) is 5.39. The number of hydrogen-bond donors (Lipinski definition) is 1. The van der Waals surface area contributed by atoms with Crippen molar-refractivity contribution in [1.29, 1.82) is 0 Å². The lowest BCUT2D eigenvalue weighted by molar-refractivity contribution is 0.323. The van der Waals surface area contributed by atoms with Gasteiger partial charge in [-0.3, -0.25) is 0 Å². The van der Waals surface area contributed by atoms with Crippen LogP contribution in [0.3, 0.4) is 0 Å². The van der Waals surface area contributed by atoms with Crippen LogP contribution < -0.4 is 10.1 Å². The maximum Gasteiger partial charge on any atom is 0.221 e. The van der Waals surface area contributed by atoms with Crippen LogP contribution in [-0.4, -0.2) is 21.7 Å². The molecule has 0 saturated carbocycles. The number of anilines is 1. The normalized spacial score (nSPS) is 10.2. The van der Waals surface area contributed by atoms with Gasteiger partial charge in [-0.05, 0) is 13.8 Å². The minimum absolute atomic E-state index is 0.531. The number of hydrogen-bond acceptors (Lipinski definition) is 6. The summed E-state index contributed by atoms with van der Waals surface area (Å²) < 4.78 is 10.4. The quantitative estimate of drug-likeness (QED) is 0.850. The van der Waals surface area contributed by atoms with Crippen LogP contribution in [0.15, 0.2) is 23.1 Å². The fraction of sp³-hybridized carbons (Fsp3) is 0.364. The van der Waals surface area contributed by atoms with E-state index in [-0.39, 0.29) is 0 Å². The maximum absolute atomic E-state index is 5.39. The highest BCUT2D eigenvalue weighted by atomic mass is 16.5. The average Bonchev–Trinajstić information content (AvgIpc) is 2.83. The van der Waals surface area contributed by atoms with E-state index in [0.717, 1.165) is 17.1 Å². The first-order valence-electron chi connectivity index (χ1n) is 5.39. The lowest BCUT2D eigenvalue weighted by Gasteiger charge is -2.10. The summed E-state index contributed by atoms with van der Waals surface area (Å²) in [5.41, 5.74) is 0.883. The van der Waals surface area contributed by atoms with Crippen molar-refractivity contribution in [2.24, 2.45) is 0 Å². The summed E-state index contributed by atoms with van der Waals surface area (Å²) in [6, 6.07) is 1.80. The summed E-state index contributed by atoms with van der Waals surface area (Å²) in [4.78, 5) is 8.22. The van der Waals surface area contributed by atoms with E-state index in [2.05, 4.69) is 20.4 Å². The van der Waals surface area contributed by atoms with Gasteiger partial charge in [-0.1, -0.05) is 5.16 Å². The second-order valence-electron chi connectivity index (χ2n) is 3.42. The van der Waals surface area contributed by atoms with E-state index in [1.807, 2.05) is 13.8 Å². The molecule has 0 unspecified atom stereocenters. The monoisotopic (exact) mass is 234 g/mol. The van der Waals surface area contributed by atoms with E-state index in [1.165, 1.54) is 6.33 Å². The van der Waals surface area contributed by atoms with Crippen molar-refractivity contribution in [3.63, 3.8) is 0 Å². The minimum Gasteiger partial charge on any atom is -0.478 e. The molecule has 6 heteroatoms. The molecule has 2 aromatic heterocycles. The Hall–Kier alpha value is -2.11. The van der Waals surface area contributed by atoms with Gasteiger partial charge in [0, 0.05) is 6.07 Å². The highest BCUT2D eigenvalue weighted by Crippen LogP contribution is 2.20. The molecule has 1 N–H and O–H groups in total. The number of rotatable bonds is 5. The van der Waals surface area contributed by atoms with Crippen LogP contribution >= 0.6 is 0 Å². The molecule has 0 radical (unpaired) electrons. The van der Waals surface area contributed by atoms with Gasteiger partial charge in [0.05, 0.1) is 24.9 Å². The third kappa shape index (κ3) is 2.72. The molecule has 0 spiro atoms. The Labute approximate surface area is 99.0 Å². The van der Waals surface area contributed by atoms with Crippen LogP contribution in [0, 0.1) is 6.92 Å². The molecule has 0 atom stereocenters. The molecule has 0 aromatic carbocycles. The van der Waals surface area contributed by atoms with E-state index in [0.29, 0.717) is 19.0 Å². The summed E-state index contributed by atoms with van der Waals surface area (Å²) in [5.74, 6) is 2.09. The molecule has 2 rings (SSSR count). The zero-order chi connectivity index (χ0) is 12.1. The topological polar surface area (TPSA) is 73.1 Å². The molecule has 0 amide bonds. The molecule has 90 valence electrons. The molecule has 0 fully saturated rings. The Morgan fingerprint density at radius 2 is 2.29 bits per heavy atom. The molecule has 2 heterocycles. The Bertz CT molecular complexity index is 470.